The van der Waals surface area contributed by atoms with Gasteiger partial charge < -0.3 is 14.5 Å². The van der Waals surface area contributed by atoms with E-state index in [1.165, 1.54) is 25.5 Å². The summed E-state index contributed by atoms with van der Waals surface area (Å²) in [6.07, 6.45) is -2.14. The Hall–Kier alpha value is -2.51. The van der Waals surface area contributed by atoms with Crippen LogP contribution < -0.4 is 5.32 Å². The number of alkyl halides is 3. The number of halogens is 3. The highest BCUT2D eigenvalue weighted by atomic mass is 19.4. The summed E-state index contributed by atoms with van der Waals surface area (Å²) in [5, 5.41) is 2.83. The Bertz CT molecular complexity index is 620. The molecular weight excluding hydrogens is 289 g/mol. The maximum absolute atomic E-state index is 12.3. The summed E-state index contributed by atoms with van der Waals surface area (Å²) in [5.74, 6) is -0.0866. The zero-order chi connectivity index (χ0) is 15.5. The summed E-state index contributed by atoms with van der Waals surface area (Å²) in [7, 11) is 1.25. The number of hydrogen-bond acceptors (Lipinski definition) is 5. The molecule has 0 aliphatic heterocycles. The number of aromatic nitrogens is 1. The van der Waals surface area contributed by atoms with Crippen LogP contribution in [0, 0.1) is 0 Å². The molecule has 0 aliphatic rings. The normalized spacial score (nSPS) is 11.2. The lowest BCUT2D eigenvalue weighted by molar-refractivity contribution is -0.141. The maximum Gasteiger partial charge on any atom is 0.433 e. The number of nitrogens with one attached hydrogen (secondary N) is 1. The van der Waals surface area contributed by atoms with Crippen molar-refractivity contribution < 1.29 is 27.1 Å². The molecule has 2 rings (SSSR count). The summed E-state index contributed by atoms with van der Waals surface area (Å²) < 4.78 is 46.7. The van der Waals surface area contributed by atoms with Gasteiger partial charge in [0.2, 0.25) is 0 Å². The average molecular weight is 300 g/mol. The SMILES string of the molecule is COC(=O)c1coc(CNc2ccc(C(F)(F)F)nc2)c1. The van der Waals surface area contributed by atoms with E-state index in [9.17, 15) is 18.0 Å². The first-order valence-electron chi connectivity index (χ1n) is 5.83. The van der Waals surface area contributed by atoms with Gasteiger partial charge in [0, 0.05) is 0 Å². The largest absolute Gasteiger partial charge is 0.467 e. The smallest absolute Gasteiger partial charge is 0.433 e. The van der Waals surface area contributed by atoms with E-state index in [2.05, 4.69) is 15.0 Å². The molecule has 0 saturated heterocycles. The van der Waals surface area contributed by atoms with Crippen LogP contribution in [0.15, 0.2) is 35.1 Å². The summed E-state index contributed by atoms with van der Waals surface area (Å²) >= 11 is 0. The lowest BCUT2D eigenvalue weighted by atomic mass is 10.3. The average Bonchev–Trinajstić information content (AvgIpc) is 2.92. The van der Waals surface area contributed by atoms with Crippen molar-refractivity contribution in [1.82, 2.24) is 4.98 Å². The van der Waals surface area contributed by atoms with Crippen LogP contribution in [0.25, 0.3) is 0 Å². The van der Waals surface area contributed by atoms with E-state index in [0.29, 0.717) is 11.4 Å². The van der Waals surface area contributed by atoms with Crippen LogP contribution in [-0.4, -0.2) is 18.1 Å². The Morgan fingerprint density at radius 3 is 2.76 bits per heavy atom. The van der Waals surface area contributed by atoms with Gasteiger partial charge in [-0.1, -0.05) is 0 Å². The van der Waals surface area contributed by atoms with Crippen LogP contribution in [0.2, 0.25) is 0 Å². The number of methoxy groups -OCH3 is 1. The number of rotatable bonds is 4. The zero-order valence-electron chi connectivity index (χ0n) is 10.9. The summed E-state index contributed by atoms with van der Waals surface area (Å²) in [6, 6.07) is 3.63. The lowest BCUT2D eigenvalue weighted by Crippen LogP contribution is -2.08. The first-order valence-corrected chi connectivity index (χ1v) is 5.83. The first-order chi connectivity index (χ1) is 9.90. The van der Waals surface area contributed by atoms with Crippen LogP contribution in [0.5, 0.6) is 0 Å². The standard InChI is InChI=1S/C13H11F3N2O3/c1-20-12(19)8-4-10(21-7-8)6-17-9-2-3-11(18-5-9)13(14,15)16/h2-5,7,17H,6H2,1H3. The molecule has 0 bridgehead atoms. The fraction of sp³-hybridized carbons (Fsp3) is 0.231. The molecule has 0 unspecified atom stereocenters. The predicted molar refractivity (Wildman–Crippen MR) is 66.6 cm³/mol. The topological polar surface area (TPSA) is 64.4 Å². The number of ether oxygens (including phenoxy) is 1. The molecule has 1 N–H and O–H groups in total. The number of esters is 1. The highest BCUT2D eigenvalue weighted by molar-refractivity contribution is 5.88. The molecule has 0 aliphatic carbocycles. The van der Waals surface area contributed by atoms with Gasteiger partial charge >= 0.3 is 12.1 Å². The molecule has 112 valence electrons. The van der Waals surface area contributed by atoms with Gasteiger partial charge in [-0.3, -0.25) is 0 Å². The number of carbonyl (C=O) groups excluding carboxylic acids is 1. The quantitative estimate of drug-likeness (QED) is 0.879. The van der Waals surface area contributed by atoms with Gasteiger partial charge in [0.15, 0.2) is 0 Å². The molecule has 0 spiro atoms. The minimum absolute atomic E-state index is 0.198. The van der Waals surface area contributed by atoms with E-state index in [4.69, 9.17) is 4.42 Å². The Labute approximate surface area is 117 Å². The van der Waals surface area contributed by atoms with Crippen molar-refractivity contribution in [3.05, 3.63) is 47.7 Å². The number of carbonyl (C=O) groups is 1. The van der Waals surface area contributed by atoms with Crippen molar-refractivity contribution in [2.24, 2.45) is 0 Å². The Balaban J connectivity index is 1.97. The van der Waals surface area contributed by atoms with Gasteiger partial charge in [-0.15, -0.1) is 0 Å². The predicted octanol–water partition coefficient (Wildman–Crippen LogP) is 3.09. The molecule has 0 amide bonds. The molecule has 0 fully saturated rings. The van der Waals surface area contributed by atoms with E-state index in [-0.39, 0.29) is 12.1 Å². The molecule has 0 aromatic carbocycles. The monoisotopic (exact) mass is 300 g/mol. The van der Waals surface area contributed by atoms with Crippen molar-refractivity contribution in [3.8, 4) is 0 Å². The van der Waals surface area contributed by atoms with E-state index in [1.807, 2.05) is 0 Å². The minimum atomic E-state index is -4.46. The van der Waals surface area contributed by atoms with Gasteiger partial charge in [-0.05, 0) is 18.2 Å². The van der Waals surface area contributed by atoms with Crippen molar-refractivity contribution in [2.75, 3.05) is 12.4 Å². The number of nitrogens with zero attached hydrogens (tertiary/aromatic N) is 1. The van der Waals surface area contributed by atoms with Gasteiger partial charge in [0.25, 0.3) is 0 Å². The minimum Gasteiger partial charge on any atom is -0.467 e. The molecule has 0 radical (unpaired) electrons. The molecular formula is C13H11F3N2O3. The summed E-state index contributed by atoms with van der Waals surface area (Å²) in [6.45, 7) is 0.198. The summed E-state index contributed by atoms with van der Waals surface area (Å²) in [5.41, 5.74) is -0.294. The van der Waals surface area contributed by atoms with Crippen molar-refractivity contribution in [1.29, 1.82) is 0 Å². The molecule has 0 saturated carbocycles. The number of pyridine rings is 1. The van der Waals surface area contributed by atoms with E-state index >= 15 is 0 Å². The Kier molecular flexibility index (Phi) is 4.15. The second-order valence-corrected chi connectivity index (χ2v) is 4.08. The van der Waals surface area contributed by atoms with Gasteiger partial charge in [0.1, 0.15) is 17.7 Å². The van der Waals surface area contributed by atoms with E-state index < -0.39 is 17.8 Å². The summed E-state index contributed by atoms with van der Waals surface area (Å²) in [4.78, 5) is 14.5. The van der Waals surface area contributed by atoms with Gasteiger partial charge in [-0.2, -0.15) is 13.2 Å². The Morgan fingerprint density at radius 1 is 1.43 bits per heavy atom. The van der Waals surface area contributed by atoms with Crippen LogP contribution in [0.1, 0.15) is 21.8 Å². The van der Waals surface area contributed by atoms with Gasteiger partial charge in [0.05, 0.1) is 31.1 Å². The Morgan fingerprint density at radius 2 is 2.19 bits per heavy atom. The highest BCUT2D eigenvalue weighted by Gasteiger charge is 2.31. The molecule has 0 atom stereocenters. The highest BCUT2D eigenvalue weighted by Crippen LogP contribution is 2.27. The van der Waals surface area contributed by atoms with Crippen LogP contribution >= 0.6 is 0 Å². The number of anilines is 1. The van der Waals surface area contributed by atoms with Crippen molar-refractivity contribution in [3.63, 3.8) is 0 Å². The zero-order valence-corrected chi connectivity index (χ0v) is 10.9. The fourth-order valence-corrected chi connectivity index (χ4v) is 1.55. The van der Waals surface area contributed by atoms with Gasteiger partial charge in [-0.25, -0.2) is 9.78 Å². The third kappa shape index (κ3) is 3.74. The van der Waals surface area contributed by atoms with E-state index in [1.54, 1.807) is 0 Å². The van der Waals surface area contributed by atoms with E-state index in [0.717, 1.165) is 12.3 Å². The van der Waals surface area contributed by atoms with Crippen molar-refractivity contribution in [2.45, 2.75) is 12.7 Å². The van der Waals surface area contributed by atoms with Crippen molar-refractivity contribution >= 4 is 11.7 Å². The first kappa shape index (κ1) is 14.9. The van der Waals surface area contributed by atoms with Crippen LogP contribution in [-0.2, 0) is 17.5 Å². The number of furan rings is 1. The molecule has 2 aromatic heterocycles. The molecule has 5 nitrogen and oxygen atoms in total. The maximum atomic E-state index is 12.3. The second kappa shape index (κ2) is 5.86. The molecule has 2 heterocycles. The molecule has 8 heteroatoms. The number of hydrogen-bond donors (Lipinski definition) is 1. The molecule has 2 aromatic rings. The fourth-order valence-electron chi connectivity index (χ4n) is 1.55. The van der Waals surface area contributed by atoms with Crippen LogP contribution in [0.3, 0.4) is 0 Å². The molecule has 21 heavy (non-hydrogen) atoms. The van der Waals surface area contributed by atoms with Crippen LogP contribution in [0.4, 0.5) is 18.9 Å². The lowest BCUT2D eigenvalue weighted by Gasteiger charge is -2.07. The third-order valence-corrected chi connectivity index (χ3v) is 2.60. The third-order valence-electron chi connectivity index (χ3n) is 2.60. The second-order valence-electron chi connectivity index (χ2n) is 4.08.